The fourth-order valence-corrected chi connectivity index (χ4v) is 2.29. The van der Waals surface area contributed by atoms with Crippen LogP contribution < -0.4 is 10.2 Å². The third-order valence-corrected chi connectivity index (χ3v) is 3.52. The molecule has 0 saturated carbocycles. The van der Waals surface area contributed by atoms with Crippen molar-refractivity contribution < 1.29 is 14.4 Å². The van der Waals surface area contributed by atoms with E-state index in [1.165, 1.54) is 17.0 Å². The summed E-state index contributed by atoms with van der Waals surface area (Å²) in [5.41, 5.74) is 0.691. The molecule has 0 atom stereocenters. The standard InChI is InChI=1S/C15H17ClN2O3/c1-9(2)5-6-17-13(19)8-18-12-7-10(16)3-4-11(12)14(20)15(18)21/h3-4,7,9H,5-6,8H2,1-2H3,(H,17,19). The third kappa shape index (κ3) is 3.42. The van der Waals surface area contributed by atoms with Gasteiger partial charge in [0.15, 0.2) is 0 Å². The number of rotatable bonds is 5. The van der Waals surface area contributed by atoms with Crippen LogP contribution in [0.5, 0.6) is 0 Å². The van der Waals surface area contributed by atoms with Gasteiger partial charge >= 0.3 is 0 Å². The summed E-state index contributed by atoms with van der Waals surface area (Å²) in [7, 11) is 0. The topological polar surface area (TPSA) is 66.5 Å². The average Bonchev–Trinajstić information content (AvgIpc) is 2.63. The summed E-state index contributed by atoms with van der Waals surface area (Å²) >= 11 is 5.89. The van der Waals surface area contributed by atoms with Crippen LogP contribution in [0, 0.1) is 5.92 Å². The fraction of sp³-hybridized carbons (Fsp3) is 0.400. The zero-order chi connectivity index (χ0) is 15.6. The van der Waals surface area contributed by atoms with Crippen molar-refractivity contribution >= 4 is 34.9 Å². The summed E-state index contributed by atoms with van der Waals surface area (Å²) in [6.45, 7) is 4.50. The van der Waals surface area contributed by atoms with E-state index in [-0.39, 0.29) is 12.5 Å². The number of carbonyl (C=O) groups excluding carboxylic acids is 3. The monoisotopic (exact) mass is 308 g/mol. The Balaban J connectivity index is 2.07. The summed E-state index contributed by atoms with van der Waals surface area (Å²) < 4.78 is 0. The second-order valence-electron chi connectivity index (χ2n) is 5.41. The molecule has 1 aromatic carbocycles. The van der Waals surface area contributed by atoms with Crippen LogP contribution in [0.4, 0.5) is 5.69 Å². The maximum absolute atomic E-state index is 11.9. The molecule has 0 fully saturated rings. The van der Waals surface area contributed by atoms with E-state index >= 15 is 0 Å². The average molecular weight is 309 g/mol. The molecule has 5 nitrogen and oxygen atoms in total. The minimum atomic E-state index is -0.689. The molecule has 0 spiro atoms. The minimum Gasteiger partial charge on any atom is -0.355 e. The summed E-state index contributed by atoms with van der Waals surface area (Å²) in [5.74, 6) is -1.09. The van der Waals surface area contributed by atoms with E-state index in [1.54, 1.807) is 6.07 Å². The molecule has 0 saturated heterocycles. The Morgan fingerprint density at radius 2 is 2.05 bits per heavy atom. The summed E-state index contributed by atoms with van der Waals surface area (Å²) in [6.07, 6.45) is 0.862. The molecule has 6 heteroatoms. The molecule has 0 aromatic heterocycles. The molecular formula is C15H17ClN2O3. The number of ketones is 1. The quantitative estimate of drug-likeness (QED) is 0.846. The molecular weight excluding hydrogens is 292 g/mol. The first kappa shape index (κ1) is 15.5. The number of nitrogens with zero attached hydrogens (tertiary/aromatic N) is 1. The first-order chi connectivity index (χ1) is 9.90. The zero-order valence-electron chi connectivity index (χ0n) is 12.0. The highest BCUT2D eigenvalue weighted by molar-refractivity contribution is 6.53. The van der Waals surface area contributed by atoms with E-state index in [4.69, 9.17) is 11.6 Å². The summed E-state index contributed by atoms with van der Waals surface area (Å²) in [6, 6.07) is 4.59. The molecule has 112 valence electrons. The number of halogens is 1. The molecule has 21 heavy (non-hydrogen) atoms. The van der Waals surface area contributed by atoms with Gasteiger partial charge < -0.3 is 5.32 Å². The largest absolute Gasteiger partial charge is 0.355 e. The minimum absolute atomic E-state index is 0.171. The molecule has 1 aromatic rings. The van der Waals surface area contributed by atoms with Gasteiger partial charge in [-0.3, -0.25) is 19.3 Å². The van der Waals surface area contributed by atoms with Gasteiger partial charge in [0, 0.05) is 11.6 Å². The molecule has 2 rings (SSSR count). The molecule has 0 aliphatic carbocycles. The van der Waals surface area contributed by atoms with Gasteiger partial charge in [-0.1, -0.05) is 25.4 Å². The highest BCUT2D eigenvalue weighted by Crippen LogP contribution is 2.31. The van der Waals surface area contributed by atoms with Crippen molar-refractivity contribution in [2.75, 3.05) is 18.0 Å². The van der Waals surface area contributed by atoms with E-state index in [9.17, 15) is 14.4 Å². The number of anilines is 1. The Morgan fingerprint density at radius 1 is 1.33 bits per heavy atom. The van der Waals surface area contributed by atoms with Gasteiger partial charge in [0.05, 0.1) is 11.3 Å². The second kappa shape index (κ2) is 6.26. The number of Topliss-reactive ketones (excluding diaryl/α,β-unsaturated/α-hetero) is 1. The van der Waals surface area contributed by atoms with Gasteiger partial charge in [-0.2, -0.15) is 0 Å². The van der Waals surface area contributed by atoms with Gasteiger partial charge in [0.1, 0.15) is 6.54 Å². The lowest BCUT2D eigenvalue weighted by atomic mass is 10.1. The van der Waals surface area contributed by atoms with Crippen molar-refractivity contribution in [3.8, 4) is 0 Å². The lowest BCUT2D eigenvalue weighted by molar-refractivity contribution is -0.122. The van der Waals surface area contributed by atoms with Crippen molar-refractivity contribution in [2.45, 2.75) is 20.3 Å². The SMILES string of the molecule is CC(C)CCNC(=O)CN1C(=O)C(=O)c2ccc(Cl)cc21. The number of nitrogens with one attached hydrogen (secondary N) is 1. The smallest absolute Gasteiger partial charge is 0.299 e. The molecule has 1 heterocycles. The highest BCUT2D eigenvalue weighted by Gasteiger charge is 2.36. The van der Waals surface area contributed by atoms with Crippen molar-refractivity contribution in [2.24, 2.45) is 5.92 Å². The van der Waals surface area contributed by atoms with E-state index in [0.717, 1.165) is 6.42 Å². The van der Waals surface area contributed by atoms with Crippen molar-refractivity contribution in [1.82, 2.24) is 5.32 Å². The van der Waals surface area contributed by atoms with E-state index in [0.29, 0.717) is 28.7 Å². The second-order valence-corrected chi connectivity index (χ2v) is 5.85. The van der Waals surface area contributed by atoms with Crippen LogP contribution in [0.1, 0.15) is 30.6 Å². The zero-order valence-corrected chi connectivity index (χ0v) is 12.7. The number of hydrogen-bond donors (Lipinski definition) is 1. The molecule has 0 radical (unpaired) electrons. The Kier molecular flexibility index (Phi) is 4.63. The van der Waals surface area contributed by atoms with Crippen LogP contribution in [-0.4, -0.2) is 30.7 Å². The predicted molar refractivity (Wildman–Crippen MR) is 80.6 cm³/mol. The Bertz CT molecular complexity index is 599. The molecule has 1 N–H and O–H groups in total. The van der Waals surface area contributed by atoms with Crippen LogP contribution in [0.25, 0.3) is 0 Å². The lowest BCUT2D eigenvalue weighted by Gasteiger charge is -2.16. The maximum atomic E-state index is 11.9. The van der Waals surface area contributed by atoms with Gasteiger partial charge in [-0.05, 0) is 30.5 Å². The molecule has 1 aliphatic heterocycles. The summed E-state index contributed by atoms with van der Waals surface area (Å²) in [4.78, 5) is 36.8. The molecule has 0 bridgehead atoms. The van der Waals surface area contributed by atoms with Crippen molar-refractivity contribution in [3.63, 3.8) is 0 Å². The highest BCUT2D eigenvalue weighted by atomic mass is 35.5. The number of amides is 2. The molecule has 0 unspecified atom stereocenters. The van der Waals surface area contributed by atoms with Crippen molar-refractivity contribution in [1.29, 1.82) is 0 Å². The normalized spacial score (nSPS) is 13.8. The first-order valence-electron chi connectivity index (χ1n) is 6.82. The Morgan fingerprint density at radius 3 is 2.71 bits per heavy atom. The van der Waals surface area contributed by atoms with E-state index < -0.39 is 11.7 Å². The molecule has 2 amide bonds. The Hall–Kier alpha value is -1.88. The van der Waals surface area contributed by atoms with E-state index in [2.05, 4.69) is 19.2 Å². The van der Waals surface area contributed by atoms with E-state index in [1.807, 2.05) is 0 Å². The number of hydrogen-bond acceptors (Lipinski definition) is 3. The van der Waals surface area contributed by atoms with Gasteiger partial charge in [0.25, 0.3) is 11.7 Å². The van der Waals surface area contributed by atoms with Gasteiger partial charge in [0.2, 0.25) is 5.91 Å². The lowest BCUT2D eigenvalue weighted by Crippen LogP contribution is -2.40. The van der Waals surface area contributed by atoms with Crippen LogP contribution in [-0.2, 0) is 9.59 Å². The van der Waals surface area contributed by atoms with Crippen LogP contribution in [0.2, 0.25) is 5.02 Å². The van der Waals surface area contributed by atoms with Crippen LogP contribution in [0.15, 0.2) is 18.2 Å². The van der Waals surface area contributed by atoms with Gasteiger partial charge in [-0.25, -0.2) is 0 Å². The predicted octanol–water partition coefficient (Wildman–Crippen LogP) is 2.03. The van der Waals surface area contributed by atoms with Gasteiger partial charge in [-0.15, -0.1) is 0 Å². The maximum Gasteiger partial charge on any atom is 0.299 e. The van der Waals surface area contributed by atoms with Crippen LogP contribution >= 0.6 is 11.6 Å². The third-order valence-electron chi connectivity index (χ3n) is 3.28. The number of benzene rings is 1. The first-order valence-corrected chi connectivity index (χ1v) is 7.20. The molecule has 1 aliphatic rings. The van der Waals surface area contributed by atoms with Crippen molar-refractivity contribution in [3.05, 3.63) is 28.8 Å². The Labute approximate surface area is 128 Å². The van der Waals surface area contributed by atoms with Crippen LogP contribution in [0.3, 0.4) is 0 Å². The fourth-order valence-electron chi connectivity index (χ4n) is 2.12. The number of fused-ring (bicyclic) bond motifs is 1. The summed E-state index contributed by atoms with van der Waals surface area (Å²) in [5, 5.41) is 3.16. The number of carbonyl (C=O) groups is 3.